The van der Waals surface area contributed by atoms with E-state index in [0.29, 0.717) is 19.8 Å². The topological polar surface area (TPSA) is 56.6 Å². The molecule has 6 nitrogen and oxygen atoms in total. The maximum atomic E-state index is 12.4. The van der Waals surface area contributed by atoms with Gasteiger partial charge < -0.3 is 14.4 Å². The molecule has 1 aliphatic rings. The average Bonchev–Trinajstić information content (AvgIpc) is 2.90. The van der Waals surface area contributed by atoms with E-state index in [2.05, 4.69) is 5.10 Å². The molecule has 2 aromatic rings. The molecule has 6 heteroatoms. The second kappa shape index (κ2) is 7.15. The quantitative estimate of drug-likeness (QED) is 0.861. The Balaban J connectivity index is 1.98. The lowest BCUT2D eigenvalue weighted by molar-refractivity contribution is -0.144. The van der Waals surface area contributed by atoms with E-state index in [-0.39, 0.29) is 18.6 Å². The lowest BCUT2D eigenvalue weighted by atomic mass is 10.0. The average molecular weight is 329 g/mol. The van der Waals surface area contributed by atoms with Gasteiger partial charge in [-0.3, -0.25) is 4.79 Å². The van der Waals surface area contributed by atoms with Gasteiger partial charge in [-0.05, 0) is 26.0 Å². The molecule has 3 rings (SSSR count). The Kier molecular flexibility index (Phi) is 4.97. The van der Waals surface area contributed by atoms with Crippen LogP contribution in [0.25, 0.3) is 5.69 Å². The molecule has 1 aromatic heterocycles. The van der Waals surface area contributed by atoms with Gasteiger partial charge in [0, 0.05) is 24.9 Å². The zero-order valence-corrected chi connectivity index (χ0v) is 14.4. The molecule has 1 atom stereocenters. The number of benzene rings is 1. The van der Waals surface area contributed by atoms with Crippen LogP contribution in [0.3, 0.4) is 0 Å². The first-order chi connectivity index (χ1) is 11.6. The van der Waals surface area contributed by atoms with Gasteiger partial charge in [0.25, 0.3) is 0 Å². The Hall–Kier alpha value is -2.18. The van der Waals surface area contributed by atoms with Crippen LogP contribution in [0.2, 0.25) is 0 Å². The largest absolute Gasteiger partial charge is 0.377 e. The Bertz CT molecular complexity index is 712. The van der Waals surface area contributed by atoms with Crippen LogP contribution in [-0.2, 0) is 14.3 Å². The Morgan fingerprint density at radius 2 is 2.08 bits per heavy atom. The van der Waals surface area contributed by atoms with Crippen molar-refractivity contribution in [1.29, 1.82) is 0 Å². The zero-order chi connectivity index (χ0) is 17.1. The van der Waals surface area contributed by atoms with Crippen molar-refractivity contribution >= 4 is 5.91 Å². The first-order valence-corrected chi connectivity index (χ1v) is 8.11. The highest BCUT2D eigenvalue weighted by Crippen LogP contribution is 2.30. The van der Waals surface area contributed by atoms with Crippen LogP contribution >= 0.6 is 0 Å². The third-order valence-electron chi connectivity index (χ3n) is 4.40. The molecule has 2 heterocycles. The molecule has 1 fully saturated rings. The van der Waals surface area contributed by atoms with E-state index in [1.165, 1.54) is 7.11 Å². The number of ether oxygens (including phenoxy) is 2. The summed E-state index contributed by atoms with van der Waals surface area (Å²) in [6.07, 6.45) is 0. The van der Waals surface area contributed by atoms with Gasteiger partial charge in [-0.25, -0.2) is 4.68 Å². The number of rotatable bonds is 4. The highest BCUT2D eigenvalue weighted by atomic mass is 16.5. The van der Waals surface area contributed by atoms with E-state index in [1.807, 2.05) is 53.8 Å². The van der Waals surface area contributed by atoms with Gasteiger partial charge in [-0.1, -0.05) is 18.2 Å². The fourth-order valence-electron chi connectivity index (χ4n) is 3.31. The third kappa shape index (κ3) is 3.07. The predicted octanol–water partition coefficient (Wildman–Crippen LogP) is 2.04. The molecule has 0 spiro atoms. The molecule has 128 valence electrons. The standard InChI is InChI=1S/C18H23N3O3/c1-13-18(14(2)21(19-13)15-7-5-4-6-8-15)16-11-24-10-9-20(16)17(22)12-23-3/h4-8,16H,9-12H2,1-3H3. The summed E-state index contributed by atoms with van der Waals surface area (Å²) in [4.78, 5) is 14.2. The van der Waals surface area contributed by atoms with Gasteiger partial charge in [0.15, 0.2) is 0 Å². The minimum Gasteiger partial charge on any atom is -0.377 e. The maximum Gasteiger partial charge on any atom is 0.249 e. The van der Waals surface area contributed by atoms with Crippen LogP contribution in [0.15, 0.2) is 30.3 Å². The number of aromatic nitrogens is 2. The van der Waals surface area contributed by atoms with Crippen LogP contribution < -0.4 is 0 Å². The molecule has 24 heavy (non-hydrogen) atoms. The third-order valence-corrected chi connectivity index (χ3v) is 4.40. The summed E-state index contributed by atoms with van der Waals surface area (Å²) in [6, 6.07) is 9.88. The number of methoxy groups -OCH3 is 1. The van der Waals surface area contributed by atoms with Gasteiger partial charge >= 0.3 is 0 Å². The summed E-state index contributed by atoms with van der Waals surface area (Å²) >= 11 is 0. The zero-order valence-electron chi connectivity index (χ0n) is 14.4. The van der Waals surface area contributed by atoms with Crippen LogP contribution in [-0.4, -0.2) is 54.1 Å². The Morgan fingerprint density at radius 1 is 1.33 bits per heavy atom. The minimum absolute atomic E-state index is 0.0166. The molecule has 0 saturated carbocycles. The predicted molar refractivity (Wildman–Crippen MR) is 90.2 cm³/mol. The molecular weight excluding hydrogens is 306 g/mol. The van der Waals surface area contributed by atoms with Crippen molar-refractivity contribution in [2.75, 3.05) is 33.5 Å². The number of morpholine rings is 1. The lowest BCUT2D eigenvalue weighted by Gasteiger charge is -2.36. The summed E-state index contributed by atoms with van der Waals surface area (Å²) in [5, 5.41) is 4.69. The number of nitrogens with zero attached hydrogens (tertiary/aromatic N) is 3. The molecule has 1 saturated heterocycles. The number of hydrogen-bond donors (Lipinski definition) is 0. The molecule has 0 aliphatic carbocycles. The summed E-state index contributed by atoms with van der Waals surface area (Å²) < 4.78 is 12.6. The van der Waals surface area contributed by atoms with Crippen molar-refractivity contribution in [3.63, 3.8) is 0 Å². The summed E-state index contributed by atoms with van der Waals surface area (Å²) in [7, 11) is 1.54. The van der Waals surface area contributed by atoms with Crippen LogP contribution in [0.4, 0.5) is 0 Å². The van der Waals surface area contributed by atoms with Crippen molar-refractivity contribution in [2.45, 2.75) is 19.9 Å². The number of carbonyl (C=O) groups is 1. The number of aryl methyl sites for hydroxylation is 1. The second-order valence-electron chi connectivity index (χ2n) is 5.94. The number of carbonyl (C=O) groups excluding carboxylic acids is 1. The first-order valence-electron chi connectivity index (χ1n) is 8.11. The highest BCUT2D eigenvalue weighted by molar-refractivity contribution is 5.78. The van der Waals surface area contributed by atoms with Crippen molar-refractivity contribution < 1.29 is 14.3 Å². The number of hydrogen-bond acceptors (Lipinski definition) is 4. The van der Waals surface area contributed by atoms with E-state index >= 15 is 0 Å². The fourth-order valence-corrected chi connectivity index (χ4v) is 3.31. The van der Waals surface area contributed by atoms with Crippen LogP contribution in [0.1, 0.15) is 23.0 Å². The smallest absolute Gasteiger partial charge is 0.249 e. The molecule has 0 radical (unpaired) electrons. The molecule has 1 amide bonds. The SMILES string of the molecule is COCC(=O)N1CCOCC1c1c(C)nn(-c2ccccc2)c1C. The molecule has 1 unspecified atom stereocenters. The van der Waals surface area contributed by atoms with Crippen molar-refractivity contribution in [1.82, 2.24) is 14.7 Å². The van der Waals surface area contributed by atoms with E-state index in [0.717, 1.165) is 22.6 Å². The number of para-hydroxylation sites is 1. The van der Waals surface area contributed by atoms with Gasteiger partial charge in [-0.15, -0.1) is 0 Å². The lowest BCUT2D eigenvalue weighted by Crippen LogP contribution is -2.45. The van der Waals surface area contributed by atoms with Gasteiger partial charge in [0.05, 0.1) is 30.6 Å². The van der Waals surface area contributed by atoms with Gasteiger partial charge in [0.1, 0.15) is 6.61 Å². The Labute approximate surface area is 142 Å². The van der Waals surface area contributed by atoms with Gasteiger partial charge in [-0.2, -0.15) is 5.10 Å². The van der Waals surface area contributed by atoms with Crippen molar-refractivity contribution in [3.8, 4) is 5.69 Å². The van der Waals surface area contributed by atoms with E-state index in [4.69, 9.17) is 9.47 Å². The molecule has 1 aliphatic heterocycles. The van der Waals surface area contributed by atoms with Crippen LogP contribution in [0, 0.1) is 13.8 Å². The first kappa shape index (κ1) is 16.7. The minimum atomic E-state index is -0.126. The molecular formula is C18H23N3O3. The summed E-state index contributed by atoms with van der Waals surface area (Å²) in [5.74, 6) is -0.0166. The maximum absolute atomic E-state index is 12.4. The fraction of sp³-hybridized carbons (Fsp3) is 0.444. The summed E-state index contributed by atoms with van der Waals surface area (Å²) in [5.41, 5.74) is 4.02. The van der Waals surface area contributed by atoms with Crippen molar-refractivity contribution in [2.24, 2.45) is 0 Å². The molecule has 0 bridgehead atoms. The molecule has 1 aromatic carbocycles. The monoisotopic (exact) mass is 329 g/mol. The Morgan fingerprint density at radius 3 is 2.79 bits per heavy atom. The molecule has 0 N–H and O–H groups in total. The van der Waals surface area contributed by atoms with E-state index < -0.39 is 0 Å². The van der Waals surface area contributed by atoms with E-state index in [9.17, 15) is 4.79 Å². The highest BCUT2D eigenvalue weighted by Gasteiger charge is 2.32. The van der Waals surface area contributed by atoms with Crippen molar-refractivity contribution in [3.05, 3.63) is 47.3 Å². The van der Waals surface area contributed by atoms with Crippen LogP contribution in [0.5, 0.6) is 0 Å². The second-order valence-corrected chi connectivity index (χ2v) is 5.94. The summed E-state index contributed by atoms with van der Waals surface area (Å²) in [6.45, 7) is 5.71. The van der Waals surface area contributed by atoms with Gasteiger partial charge in [0.2, 0.25) is 5.91 Å². The number of amides is 1. The van der Waals surface area contributed by atoms with E-state index in [1.54, 1.807) is 0 Å². The normalized spacial score (nSPS) is 18.0.